The molecule has 2 aromatic heterocycles. The van der Waals surface area contributed by atoms with Gasteiger partial charge < -0.3 is 5.32 Å². The molecule has 0 spiro atoms. The van der Waals surface area contributed by atoms with E-state index < -0.39 is 0 Å². The van der Waals surface area contributed by atoms with Crippen molar-refractivity contribution < 1.29 is 0 Å². The maximum atomic E-state index is 4.28. The van der Waals surface area contributed by atoms with Gasteiger partial charge in [0.15, 0.2) is 0 Å². The van der Waals surface area contributed by atoms with Crippen LogP contribution in [0.5, 0.6) is 0 Å². The highest BCUT2D eigenvalue weighted by Gasteiger charge is 1.99. The molecule has 0 atom stereocenters. The zero-order chi connectivity index (χ0) is 11.4. The Morgan fingerprint density at radius 3 is 2.81 bits per heavy atom. The van der Waals surface area contributed by atoms with Crippen LogP contribution in [-0.4, -0.2) is 20.2 Å². The Bertz CT molecular complexity index is 449. The Morgan fingerprint density at radius 1 is 1.25 bits per heavy atom. The third-order valence-corrected chi connectivity index (χ3v) is 2.04. The minimum atomic E-state index is 0.615. The van der Waals surface area contributed by atoms with Gasteiger partial charge in [0.2, 0.25) is 0 Å². The highest BCUT2D eigenvalue weighted by molar-refractivity contribution is 5.36. The first-order chi connectivity index (χ1) is 7.74. The van der Waals surface area contributed by atoms with E-state index in [1.165, 1.54) is 0 Å². The van der Waals surface area contributed by atoms with Crippen LogP contribution in [0.2, 0.25) is 0 Å². The van der Waals surface area contributed by atoms with E-state index in [0.29, 0.717) is 6.54 Å². The van der Waals surface area contributed by atoms with Crippen molar-refractivity contribution in [3.05, 3.63) is 41.6 Å². The normalized spacial score (nSPS) is 10.1. The van der Waals surface area contributed by atoms with Gasteiger partial charge in [0.05, 0.1) is 12.2 Å². The van der Waals surface area contributed by atoms with Crippen molar-refractivity contribution in [1.29, 1.82) is 0 Å². The molecule has 0 saturated carbocycles. The summed E-state index contributed by atoms with van der Waals surface area (Å²) in [5.41, 5.74) is 1.84. The molecule has 0 saturated heterocycles. The first kappa shape index (κ1) is 10.5. The Kier molecular flexibility index (Phi) is 3.05. The quantitative estimate of drug-likeness (QED) is 0.840. The van der Waals surface area contributed by atoms with Gasteiger partial charge in [-0.25, -0.2) is 9.97 Å². The van der Waals surface area contributed by atoms with Gasteiger partial charge in [-0.15, -0.1) is 0 Å². The topological polar surface area (TPSA) is 63.6 Å². The van der Waals surface area contributed by atoms with Crippen molar-refractivity contribution in [2.75, 3.05) is 5.32 Å². The fourth-order valence-electron chi connectivity index (χ4n) is 1.42. The average Bonchev–Trinajstić information content (AvgIpc) is 2.27. The van der Waals surface area contributed by atoms with Crippen LogP contribution in [0.25, 0.3) is 0 Å². The molecule has 0 aliphatic rings. The molecule has 0 bridgehead atoms. The number of rotatable bonds is 3. The van der Waals surface area contributed by atoms with E-state index in [9.17, 15) is 0 Å². The lowest BCUT2D eigenvalue weighted by Crippen LogP contribution is -2.05. The summed E-state index contributed by atoms with van der Waals surface area (Å²) in [6.45, 7) is 4.44. The summed E-state index contributed by atoms with van der Waals surface area (Å²) in [7, 11) is 0. The van der Waals surface area contributed by atoms with Crippen LogP contribution < -0.4 is 5.32 Å². The van der Waals surface area contributed by atoms with E-state index in [4.69, 9.17) is 0 Å². The van der Waals surface area contributed by atoms with E-state index in [0.717, 1.165) is 23.0 Å². The largest absolute Gasteiger partial charge is 0.364 e. The molecular formula is C11H13N5. The lowest BCUT2D eigenvalue weighted by molar-refractivity contribution is 0.913. The second-order valence-corrected chi connectivity index (χ2v) is 3.51. The van der Waals surface area contributed by atoms with E-state index in [2.05, 4.69) is 25.5 Å². The van der Waals surface area contributed by atoms with Crippen LogP contribution in [0.15, 0.2) is 24.4 Å². The molecule has 5 nitrogen and oxygen atoms in total. The minimum Gasteiger partial charge on any atom is -0.364 e. The molecule has 0 aromatic carbocycles. The lowest BCUT2D eigenvalue weighted by atomic mass is 10.3. The summed E-state index contributed by atoms with van der Waals surface area (Å²) in [5.74, 6) is 1.58. The number of hydrogen-bond acceptors (Lipinski definition) is 5. The second-order valence-electron chi connectivity index (χ2n) is 3.51. The fourth-order valence-corrected chi connectivity index (χ4v) is 1.42. The fraction of sp³-hybridized carbons (Fsp3) is 0.273. The van der Waals surface area contributed by atoms with Gasteiger partial charge in [-0.1, -0.05) is 0 Å². The molecule has 0 aliphatic heterocycles. The smallest absolute Gasteiger partial charge is 0.130 e. The van der Waals surface area contributed by atoms with Gasteiger partial charge >= 0.3 is 0 Å². The SMILES string of the molecule is Cc1cc(NCc2cccnn2)nc(C)n1. The summed E-state index contributed by atoms with van der Waals surface area (Å²) in [6.07, 6.45) is 1.66. The van der Waals surface area contributed by atoms with Crippen LogP contribution in [0.4, 0.5) is 5.82 Å². The summed E-state index contributed by atoms with van der Waals surface area (Å²) in [6, 6.07) is 5.69. The number of nitrogens with zero attached hydrogens (tertiary/aromatic N) is 4. The van der Waals surface area contributed by atoms with Gasteiger partial charge in [-0.3, -0.25) is 0 Å². The number of aryl methyl sites for hydroxylation is 2. The third kappa shape index (κ3) is 2.73. The van der Waals surface area contributed by atoms with Gasteiger partial charge in [0.25, 0.3) is 0 Å². The van der Waals surface area contributed by atoms with Crippen LogP contribution in [0, 0.1) is 13.8 Å². The van der Waals surface area contributed by atoms with Crippen molar-refractivity contribution in [1.82, 2.24) is 20.2 Å². The summed E-state index contributed by atoms with van der Waals surface area (Å²) in [4.78, 5) is 8.49. The monoisotopic (exact) mass is 215 g/mol. The predicted octanol–water partition coefficient (Wildman–Crippen LogP) is 1.50. The molecule has 0 unspecified atom stereocenters. The van der Waals surface area contributed by atoms with Crippen LogP contribution in [0.1, 0.15) is 17.2 Å². The number of aromatic nitrogens is 4. The van der Waals surface area contributed by atoms with Crippen LogP contribution >= 0.6 is 0 Å². The zero-order valence-electron chi connectivity index (χ0n) is 9.31. The van der Waals surface area contributed by atoms with Crippen LogP contribution in [0.3, 0.4) is 0 Å². The molecule has 0 fully saturated rings. The lowest BCUT2D eigenvalue weighted by Gasteiger charge is -2.05. The van der Waals surface area contributed by atoms with Crippen molar-refractivity contribution in [2.45, 2.75) is 20.4 Å². The van der Waals surface area contributed by atoms with Gasteiger partial charge in [-0.05, 0) is 26.0 Å². The Balaban J connectivity index is 2.05. The van der Waals surface area contributed by atoms with Gasteiger partial charge in [-0.2, -0.15) is 10.2 Å². The molecule has 5 heteroatoms. The van der Waals surface area contributed by atoms with E-state index in [1.54, 1.807) is 6.20 Å². The molecule has 2 heterocycles. The molecule has 0 radical (unpaired) electrons. The van der Waals surface area contributed by atoms with Crippen molar-refractivity contribution in [2.24, 2.45) is 0 Å². The molecule has 16 heavy (non-hydrogen) atoms. The van der Waals surface area contributed by atoms with Gasteiger partial charge in [0, 0.05) is 18.0 Å². The maximum Gasteiger partial charge on any atom is 0.130 e. The standard InChI is InChI=1S/C11H13N5/c1-8-6-11(15-9(2)14-8)12-7-10-4-3-5-13-16-10/h3-6H,7H2,1-2H3,(H,12,14,15). The van der Waals surface area contributed by atoms with Crippen molar-refractivity contribution in [3.63, 3.8) is 0 Å². The minimum absolute atomic E-state index is 0.615. The number of hydrogen-bond donors (Lipinski definition) is 1. The highest BCUT2D eigenvalue weighted by atomic mass is 15.1. The maximum absolute atomic E-state index is 4.28. The zero-order valence-corrected chi connectivity index (χ0v) is 9.31. The average molecular weight is 215 g/mol. The Hall–Kier alpha value is -2.04. The predicted molar refractivity (Wildman–Crippen MR) is 60.9 cm³/mol. The molecule has 0 amide bonds. The van der Waals surface area contributed by atoms with E-state index >= 15 is 0 Å². The summed E-state index contributed by atoms with van der Waals surface area (Å²) >= 11 is 0. The van der Waals surface area contributed by atoms with Crippen molar-refractivity contribution >= 4 is 5.82 Å². The second kappa shape index (κ2) is 4.65. The molecular weight excluding hydrogens is 202 g/mol. The Morgan fingerprint density at radius 2 is 2.12 bits per heavy atom. The first-order valence-electron chi connectivity index (χ1n) is 5.07. The molecule has 2 aromatic rings. The molecule has 82 valence electrons. The van der Waals surface area contributed by atoms with E-state index in [1.807, 2.05) is 32.0 Å². The summed E-state index contributed by atoms with van der Waals surface area (Å²) in [5, 5.41) is 11.0. The first-order valence-corrected chi connectivity index (χ1v) is 5.07. The van der Waals surface area contributed by atoms with Crippen molar-refractivity contribution in [3.8, 4) is 0 Å². The number of nitrogens with one attached hydrogen (secondary N) is 1. The van der Waals surface area contributed by atoms with Gasteiger partial charge in [0.1, 0.15) is 11.6 Å². The number of anilines is 1. The third-order valence-electron chi connectivity index (χ3n) is 2.04. The van der Waals surface area contributed by atoms with E-state index in [-0.39, 0.29) is 0 Å². The molecule has 0 aliphatic carbocycles. The Labute approximate surface area is 94.0 Å². The molecule has 1 N–H and O–H groups in total. The molecule has 2 rings (SSSR count). The summed E-state index contributed by atoms with van der Waals surface area (Å²) < 4.78 is 0. The van der Waals surface area contributed by atoms with Crippen LogP contribution in [-0.2, 0) is 6.54 Å². The highest BCUT2D eigenvalue weighted by Crippen LogP contribution is 2.06.